The molecule has 1 unspecified atom stereocenters. The van der Waals surface area contributed by atoms with E-state index in [1.807, 2.05) is 48.5 Å². The topological polar surface area (TPSA) is 53.4 Å². The minimum absolute atomic E-state index is 0.354. The minimum atomic E-state index is -1.72. The van der Waals surface area contributed by atoms with Gasteiger partial charge in [0.05, 0.1) is 28.0 Å². The van der Waals surface area contributed by atoms with E-state index in [1.165, 1.54) is 11.3 Å². The van der Waals surface area contributed by atoms with Crippen molar-refractivity contribution in [1.82, 2.24) is 4.98 Å². The lowest BCUT2D eigenvalue weighted by Gasteiger charge is -2.24. The van der Waals surface area contributed by atoms with Gasteiger partial charge in [0.1, 0.15) is 0 Å². The van der Waals surface area contributed by atoms with Crippen molar-refractivity contribution in [2.75, 3.05) is 4.90 Å². The van der Waals surface area contributed by atoms with Crippen molar-refractivity contribution >= 4 is 44.7 Å². The van der Waals surface area contributed by atoms with E-state index in [9.17, 15) is 9.90 Å². The highest BCUT2D eigenvalue weighted by atomic mass is 35.5. The van der Waals surface area contributed by atoms with Gasteiger partial charge in [-0.3, -0.25) is 4.79 Å². The van der Waals surface area contributed by atoms with Crippen LogP contribution in [0.15, 0.2) is 72.2 Å². The Morgan fingerprint density at radius 2 is 1.86 bits per heavy atom. The first-order valence-corrected chi connectivity index (χ1v) is 10.0. The van der Waals surface area contributed by atoms with E-state index in [0.29, 0.717) is 28.4 Å². The molecule has 1 aliphatic heterocycles. The van der Waals surface area contributed by atoms with Crippen molar-refractivity contribution < 1.29 is 9.90 Å². The second-order valence-corrected chi connectivity index (χ2v) is 8.10. The molecule has 5 rings (SSSR count). The van der Waals surface area contributed by atoms with Gasteiger partial charge in [-0.15, -0.1) is 11.3 Å². The predicted molar refractivity (Wildman–Crippen MR) is 112 cm³/mol. The molecular formula is C22H15ClN2O2S. The normalized spacial score (nSPS) is 18.6. The Bertz CT molecular complexity index is 1200. The van der Waals surface area contributed by atoms with Crippen molar-refractivity contribution in [3.63, 3.8) is 0 Å². The summed E-state index contributed by atoms with van der Waals surface area (Å²) < 4.78 is 0.937. The third-order valence-electron chi connectivity index (χ3n) is 5.14. The molecule has 1 atom stereocenters. The standard InChI is InChI=1S/C22H15ClN2O2S/c23-16-8-5-14(6-9-16)12-25-19-4-2-1-3-17(19)22(27,21(25)26)15-7-10-18-20(11-15)28-13-24-18/h1-11,13,27H,12H2. The maximum absolute atomic E-state index is 13.5. The first-order chi connectivity index (χ1) is 13.6. The third kappa shape index (κ3) is 2.55. The van der Waals surface area contributed by atoms with Gasteiger partial charge in [-0.1, -0.05) is 48.0 Å². The van der Waals surface area contributed by atoms with Crippen molar-refractivity contribution in [2.24, 2.45) is 0 Å². The summed E-state index contributed by atoms with van der Waals surface area (Å²) in [5.41, 5.74) is 3.70. The Morgan fingerprint density at radius 3 is 2.68 bits per heavy atom. The molecule has 0 radical (unpaired) electrons. The number of carbonyl (C=O) groups is 1. The fraction of sp³-hybridized carbons (Fsp3) is 0.0909. The zero-order valence-corrected chi connectivity index (χ0v) is 16.2. The van der Waals surface area contributed by atoms with E-state index in [0.717, 1.165) is 15.8 Å². The molecule has 1 amide bonds. The van der Waals surface area contributed by atoms with Gasteiger partial charge < -0.3 is 10.0 Å². The van der Waals surface area contributed by atoms with Gasteiger partial charge in [0.15, 0.2) is 5.60 Å². The minimum Gasteiger partial charge on any atom is -0.372 e. The lowest BCUT2D eigenvalue weighted by molar-refractivity contribution is -0.132. The summed E-state index contributed by atoms with van der Waals surface area (Å²) in [7, 11) is 0. The molecule has 0 saturated heterocycles. The van der Waals surface area contributed by atoms with Crippen LogP contribution in [0.3, 0.4) is 0 Å². The van der Waals surface area contributed by atoms with Crippen LogP contribution in [0, 0.1) is 0 Å². The highest BCUT2D eigenvalue weighted by Crippen LogP contribution is 2.45. The number of hydrogen-bond acceptors (Lipinski definition) is 4. The SMILES string of the molecule is O=C1N(Cc2ccc(Cl)cc2)c2ccccc2C1(O)c1ccc2ncsc2c1. The van der Waals surface area contributed by atoms with Crippen molar-refractivity contribution in [1.29, 1.82) is 0 Å². The molecule has 6 heteroatoms. The Labute approximate surface area is 170 Å². The van der Waals surface area contributed by atoms with E-state index in [-0.39, 0.29) is 5.91 Å². The molecular weight excluding hydrogens is 392 g/mol. The average molecular weight is 407 g/mol. The molecule has 1 aliphatic rings. The molecule has 2 heterocycles. The molecule has 1 aromatic heterocycles. The molecule has 0 fully saturated rings. The van der Waals surface area contributed by atoms with E-state index in [2.05, 4.69) is 4.98 Å². The number of nitrogens with zero attached hydrogens (tertiary/aromatic N) is 2. The summed E-state index contributed by atoms with van der Waals surface area (Å²) in [5.74, 6) is -0.354. The zero-order chi connectivity index (χ0) is 19.3. The number of para-hydroxylation sites is 1. The molecule has 1 N–H and O–H groups in total. The first-order valence-electron chi connectivity index (χ1n) is 8.79. The van der Waals surface area contributed by atoms with Gasteiger partial charge in [0.2, 0.25) is 0 Å². The maximum atomic E-state index is 13.5. The van der Waals surface area contributed by atoms with Crippen LogP contribution in [0.2, 0.25) is 5.02 Å². The van der Waals surface area contributed by atoms with Crippen LogP contribution >= 0.6 is 22.9 Å². The number of carbonyl (C=O) groups excluding carboxylic acids is 1. The van der Waals surface area contributed by atoms with Crippen LogP contribution < -0.4 is 4.90 Å². The van der Waals surface area contributed by atoms with Crippen LogP contribution in [-0.4, -0.2) is 16.0 Å². The highest BCUT2D eigenvalue weighted by molar-refractivity contribution is 7.16. The Balaban J connectivity index is 1.62. The third-order valence-corrected chi connectivity index (χ3v) is 6.19. The van der Waals surface area contributed by atoms with Crippen LogP contribution in [0.25, 0.3) is 10.2 Å². The largest absolute Gasteiger partial charge is 0.372 e. The van der Waals surface area contributed by atoms with Gasteiger partial charge in [0.25, 0.3) is 5.91 Å². The summed E-state index contributed by atoms with van der Waals surface area (Å²) in [4.78, 5) is 19.4. The van der Waals surface area contributed by atoms with Gasteiger partial charge in [-0.25, -0.2) is 4.98 Å². The van der Waals surface area contributed by atoms with Crippen LogP contribution in [0.1, 0.15) is 16.7 Å². The van der Waals surface area contributed by atoms with Gasteiger partial charge in [-0.05, 0) is 41.5 Å². The molecule has 4 nitrogen and oxygen atoms in total. The molecule has 4 aromatic rings. The number of aliphatic hydroxyl groups is 1. The van der Waals surface area contributed by atoms with Crippen molar-refractivity contribution in [3.05, 3.63) is 94.0 Å². The number of halogens is 1. The number of aromatic nitrogens is 1. The predicted octanol–water partition coefficient (Wildman–Crippen LogP) is 4.73. The Kier molecular flexibility index (Phi) is 3.98. The number of thiazole rings is 1. The number of fused-ring (bicyclic) bond motifs is 2. The summed E-state index contributed by atoms with van der Waals surface area (Å²) >= 11 is 7.46. The summed E-state index contributed by atoms with van der Waals surface area (Å²) in [6.45, 7) is 0.359. The van der Waals surface area contributed by atoms with Gasteiger partial charge in [0, 0.05) is 10.6 Å². The summed E-state index contributed by atoms with van der Waals surface area (Å²) in [5, 5.41) is 12.3. The average Bonchev–Trinajstić information content (AvgIpc) is 3.27. The molecule has 138 valence electrons. The molecule has 0 bridgehead atoms. The Hall–Kier alpha value is -2.73. The number of benzene rings is 3. The van der Waals surface area contributed by atoms with E-state index < -0.39 is 5.60 Å². The van der Waals surface area contributed by atoms with E-state index in [1.54, 1.807) is 28.6 Å². The van der Waals surface area contributed by atoms with Crippen LogP contribution in [0.5, 0.6) is 0 Å². The molecule has 3 aromatic carbocycles. The van der Waals surface area contributed by atoms with E-state index >= 15 is 0 Å². The number of rotatable bonds is 3. The lowest BCUT2D eigenvalue weighted by Crippen LogP contribution is -2.40. The molecule has 0 saturated carbocycles. The number of anilines is 1. The van der Waals surface area contributed by atoms with Crippen LogP contribution in [-0.2, 0) is 16.9 Å². The second-order valence-electron chi connectivity index (χ2n) is 6.78. The smallest absolute Gasteiger partial charge is 0.268 e. The Morgan fingerprint density at radius 1 is 1.07 bits per heavy atom. The van der Waals surface area contributed by atoms with Gasteiger partial charge >= 0.3 is 0 Å². The van der Waals surface area contributed by atoms with Crippen molar-refractivity contribution in [2.45, 2.75) is 12.1 Å². The van der Waals surface area contributed by atoms with E-state index in [4.69, 9.17) is 11.6 Å². The molecule has 0 spiro atoms. The van der Waals surface area contributed by atoms with Crippen LogP contribution in [0.4, 0.5) is 5.69 Å². The zero-order valence-electron chi connectivity index (χ0n) is 14.7. The van der Waals surface area contributed by atoms with Crippen molar-refractivity contribution in [3.8, 4) is 0 Å². The molecule has 28 heavy (non-hydrogen) atoms. The quantitative estimate of drug-likeness (QED) is 0.535. The number of hydrogen-bond donors (Lipinski definition) is 1. The summed E-state index contributed by atoms with van der Waals surface area (Å²) in [6, 6.07) is 20.2. The first kappa shape index (κ1) is 17.4. The highest BCUT2D eigenvalue weighted by Gasteiger charge is 2.51. The maximum Gasteiger partial charge on any atom is 0.268 e. The second kappa shape index (κ2) is 6.41. The van der Waals surface area contributed by atoms with Gasteiger partial charge in [-0.2, -0.15) is 0 Å². The monoisotopic (exact) mass is 406 g/mol. The fourth-order valence-electron chi connectivity index (χ4n) is 3.72. The molecule has 0 aliphatic carbocycles. The fourth-order valence-corrected chi connectivity index (χ4v) is 4.57. The number of amides is 1. The summed E-state index contributed by atoms with van der Waals surface area (Å²) in [6.07, 6.45) is 0. The lowest BCUT2D eigenvalue weighted by atomic mass is 9.87.